The minimum Gasteiger partial charge on any atom is -0.496 e. The van der Waals surface area contributed by atoms with Crippen LogP contribution in [0, 0.1) is 13.8 Å². The zero-order valence-electron chi connectivity index (χ0n) is 21.6. The molecule has 4 aromatic rings. The number of tetrazole rings is 1. The number of benzene rings is 2. The number of hydrogen-bond donors (Lipinski definition) is 1. The topological polar surface area (TPSA) is 98.2 Å². The molecule has 2 heterocycles. The van der Waals surface area contributed by atoms with E-state index in [0.717, 1.165) is 40.0 Å². The maximum Gasteiger partial charge on any atom is 0.252 e. The molecule has 1 atom stereocenters. The van der Waals surface area contributed by atoms with Crippen LogP contribution >= 0.6 is 0 Å². The first-order valence-corrected chi connectivity index (χ1v) is 12.2. The number of aromatic amines is 1. The predicted octanol–water partition coefficient (Wildman–Crippen LogP) is 3.94. The van der Waals surface area contributed by atoms with Gasteiger partial charge < -0.3 is 14.5 Å². The van der Waals surface area contributed by atoms with Crippen molar-refractivity contribution in [1.82, 2.24) is 30.1 Å². The van der Waals surface area contributed by atoms with Gasteiger partial charge in [-0.25, -0.2) is 4.68 Å². The molecule has 0 unspecified atom stereocenters. The van der Waals surface area contributed by atoms with E-state index < -0.39 is 0 Å². The molecule has 0 radical (unpaired) electrons. The molecule has 4 rings (SSSR count). The molecule has 190 valence electrons. The Hall–Kier alpha value is -3.56. The first-order chi connectivity index (χ1) is 17.4. The second kappa shape index (κ2) is 11.5. The summed E-state index contributed by atoms with van der Waals surface area (Å²) in [6, 6.07) is 14.0. The monoisotopic (exact) mass is 490 g/mol. The zero-order chi connectivity index (χ0) is 25.7. The number of aryl methyl sites for hydroxylation is 2. The highest BCUT2D eigenvalue weighted by molar-refractivity contribution is 5.80. The van der Waals surface area contributed by atoms with E-state index in [9.17, 15) is 4.79 Å². The van der Waals surface area contributed by atoms with Crippen molar-refractivity contribution >= 4 is 10.9 Å². The highest BCUT2D eigenvalue weighted by Crippen LogP contribution is 2.29. The molecule has 1 N–H and O–H groups in total. The molecule has 36 heavy (non-hydrogen) atoms. The normalized spacial score (nSPS) is 12.4. The highest BCUT2D eigenvalue weighted by atomic mass is 16.5. The summed E-state index contributed by atoms with van der Waals surface area (Å²) in [6.07, 6.45) is 0.756. The van der Waals surface area contributed by atoms with Gasteiger partial charge in [0.15, 0.2) is 5.82 Å². The van der Waals surface area contributed by atoms with Crippen LogP contribution in [-0.4, -0.2) is 50.9 Å². The van der Waals surface area contributed by atoms with E-state index in [4.69, 9.17) is 9.47 Å². The molecular weight excluding hydrogens is 456 g/mol. The van der Waals surface area contributed by atoms with Gasteiger partial charge in [-0.1, -0.05) is 25.1 Å². The van der Waals surface area contributed by atoms with Gasteiger partial charge in [-0.15, -0.1) is 5.10 Å². The Morgan fingerprint density at radius 1 is 1.06 bits per heavy atom. The Labute approximate surface area is 211 Å². The van der Waals surface area contributed by atoms with E-state index in [1.807, 2.05) is 36.4 Å². The number of nitrogens with zero attached hydrogens (tertiary/aromatic N) is 5. The average Bonchev–Trinajstić information content (AvgIpc) is 3.33. The van der Waals surface area contributed by atoms with Crippen molar-refractivity contribution in [2.45, 2.75) is 52.9 Å². The van der Waals surface area contributed by atoms with Gasteiger partial charge in [-0.3, -0.25) is 9.69 Å². The lowest BCUT2D eigenvalue weighted by Crippen LogP contribution is -2.32. The molecule has 0 aliphatic carbocycles. The van der Waals surface area contributed by atoms with Gasteiger partial charge >= 0.3 is 0 Å². The first kappa shape index (κ1) is 25.5. The molecular formula is C27H34N6O3. The van der Waals surface area contributed by atoms with E-state index in [0.29, 0.717) is 31.8 Å². The molecule has 0 aliphatic heterocycles. The first-order valence-electron chi connectivity index (χ1n) is 12.2. The van der Waals surface area contributed by atoms with Crippen LogP contribution < -0.4 is 10.3 Å². The molecule has 2 aromatic heterocycles. The number of methoxy groups -OCH3 is 2. The molecule has 2 aromatic carbocycles. The molecule has 9 heteroatoms. The van der Waals surface area contributed by atoms with E-state index in [-0.39, 0.29) is 11.6 Å². The number of H-pyrrole nitrogens is 1. The van der Waals surface area contributed by atoms with Crippen molar-refractivity contribution in [3.05, 3.63) is 80.9 Å². The number of para-hydroxylation sites is 1. The lowest BCUT2D eigenvalue weighted by molar-refractivity contribution is 0.149. The molecule has 0 fully saturated rings. The quantitative estimate of drug-likeness (QED) is 0.340. The molecule has 0 saturated heterocycles. The Kier molecular flexibility index (Phi) is 8.12. The van der Waals surface area contributed by atoms with Crippen LogP contribution in [0.15, 0.2) is 47.3 Å². The Morgan fingerprint density at radius 3 is 2.56 bits per heavy atom. The van der Waals surface area contributed by atoms with Gasteiger partial charge in [0.25, 0.3) is 5.56 Å². The third-order valence-corrected chi connectivity index (χ3v) is 6.67. The number of rotatable bonds is 11. The minimum atomic E-state index is -0.128. The summed E-state index contributed by atoms with van der Waals surface area (Å²) in [5, 5.41) is 13.5. The van der Waals surface area contributed by atoms with Gasteiger partial charge in [0.05, 0.1) is 26.3 Å². The van der Waals surface area contributed by atoms with Crippen molar-refractivity contribution in [3.63, 3.8) is 0 Å². The summed E-state index contributed by atoms with van der Waals surface area (Å²) in [6.45, 7) is 8.27. The molecule has 0 saturated carbocycles. The average molecular weight is 491 g/mol. The van der Waals surface area contributed by atoms with Crippen molar-refractivity contribution < 1.29 is 9.47 Å². The Balaban J connectivity index is 1.76. The van der Waals surface area contributed by atoms with Gasteiger partial charge in [0, 0.05) is 36.8 Å². The minimum absolute atomic E-state index is 0.0930. The second-order valence-corrected chi connectivity index (χ2v) is 9.04. The fraction of sp³-hybridized carbons (Fsp3) is 0.407. The summed E-state index contributed by atoms with van der Waals surface area (Å²) >= 11 is 0. The van der Waals surface area contributed by atoms with E-state index in [1.165, 1.54) is 5.56 Å². The summed E-state index contributed by atoms with van der Waals surface area (Å²) in [5.74, 6) is 1.54. The van der Waals surface area contributed by atoms with Crippen LogP contribution in [0.4, 0.5) is 0 Å². The highest BCUT2D eigenvalue weighted by Gasteiger charge is 2.26. The fourth-order valence-corrected chi connectivity index (χ4v) is 4.58. The van der Waals surface area contributed by atoms with Crippen molar-refractivity contribution in [2.75, 3.05) is 20.8 Å². The predicted molar refractivity (Wildman–Crippen MR) is 139 cm³/mol. The van der Waals surface area contributed by atoms with Crippen LogP contribution in [0.3, 0.4) is 0 Å². The van der Waals surface area contributed by atoms with Crippen LogP contribution in [-0.2, 0) is 24.4 Å². The fourth-order valence-electron chi connectivity index (χ4n) is 4.58. The van der Waals surface area contributed by atoms with Gasteiger partial charge in [-0.2, -0.15) is 0 Å². The van der Waals surface area contributed by atoms with Gasteiger partial charge in [-0.05, 0) is 71.5 Å². The van der Waals surface area contributed by atoms with E-state index in [1.54, 1.807) is 18.9 Å². The molecule has 0 amide bonds. The smallest absolute Gasteiger partial charge is 0.252 e. The zero-order valence-corrected chi connectivity index (χ0v) is 21.6. The Bertz CT molecular complexity index is 1380. The molecule has 9 nitrogen and oxygen atoms in total. The van der Waals surface area contributed by atoms with Gasteiger partial charge in [0.2, 0.25) is 0 Å². The molecule has 0 spiro atoms. The number of hydrogen-bond acceptors (Lipinski definition) is 7. The van der Waals surface area contributed by atoms with Gasteiger partial charge in [0.1, 0.15) is 5.75 Å². The second-order valence-electron chi connectivity index (χ2n) is 9.04. The number of aromatic nitrogens is 5. The lowest BCUT2D eigenvalue weighted by atomic mass is 10.0. The SMILES string of the molecule is CC[C@H](c1nnnn1CCOC)N(Cc1ccccc1OC)Cc1cc2cc(C)c(C)cc2[nH]c1=O. The summed E-state index contributed by atoms with van der Waals surface area (Å²) in [4.78, 5) is 18.5. The summed E-state index contributed by atoms with van der Waals surface area (Å²) < 4.78 is 12.7. The number of nitrogens with one attached hydrogen (secondary N) is 1. The van der Waals surface area contributed by atoms with E-state index >= 15 is 0 Å². The van der Waals surface area contributed by atoms with Crippen LogP contribution in [0.2, 0.25) is 0 Å². The maximum atomic E-state index is 13.2. The number of pyridine rings is 1. The largest absolute Gasteiger partial charge is 0.496 e. The Morgan fingerprint density at radius 2 is 1.81 bits per heavy atom. The molecule has 0 aliphatic rings. The summed E-state index contributed by atoms with van der Waals surface area (Å²) in [5.41, 5.74) is 4.81. The number of ether oxygens (including phenoxy) is 2. The van der Waals surface area contributed by atoms with Crippen molar-refractivity contribution in [1.29, 1.82) is 0 Å². The van der Waals surface area contributed by atoms with Crippen LogP contribution in [0.25, 0.3) is 10.9 Å². The third-order valence-electron chi connectivity index (χ3n) is 6.67. The molecule has 0 bridgehead atoms. The maximum absolute atomic E-state index is 13.2. The lowest BCUT2D eigenvalue weighted by Gasteiger charge is -2.30. The standard InChI is InChI=1S/C27H34N6O3/c1-6-24(26-29-30-31-33(26)11-12-35-4)32(16-20-9-7-8-10-25(20)36-5)17-22-15-21-13-18(2)19(3)14-23(21)28-27(22)34/h7-10,13-15,24H,6,11-12,16-17H2,1-5H3,(H,28,34)/t24-/m1/s1. The van der Waals surface area contributed by atoms with Crippen molar-refractivity contribution in [3.8, 4) is 5.75 Å². The van der Waals surface area contributed by atoms with Crippen molar-refractivity contribution in [2.24, 2.45) is 0 Å². The number of fused-ring (bicyclic) bond motifs is 1. The van der Waals surface area contributed by atoms with Crippen LogP contribution in [0.1, 0.15) is 47.5 Å². The van der Waals surface area contributed by atoms with Crippen LogP contribution in [0.5, 0.6) is 5.75 Å². The van der Waals surface area contributed by atoms with E-state index in [2.05, 4.69) is 52.2 Å². The summed E-state index contributed by atoms with van der Waals surface area (Å²) in [7, 11) is 3.33. The third kappa shape index (κ3) is 5.47.